The van der Waals surface area contributed by atoms with E-state index in [9.17, 15) is 22.0 Å². The van der Waals surface area contributed by atoms with Crippen molar-refractivity contribution in [1.29, 1.82) is 0 Å². The molecule has 0 aliphatic carbocycles. The zero-order valence-corrected chi connectivity index (χ0v) is 14.7. The summed E-state index contributed by atoms with van der Waals surface area (Å²) in [5, 5.41) is 0. The van der Waals surface area contributed by atoms with Gasteiger partial charge in [0.15, 0.2) is 0 Å². The Hall–Kier alpha value is -2.94. The summed E-state index contributed by atoms with van der Waals surface area (Å²) in [6.45, 7) is 1.54. The van der Waals surface area contributed by atoms with Gasteiger partial charge in [0.2, 0.25) is 0 Å². The summed E-state index contributed by atoms with van der Waals surface area (Å²) in [6.07, 6.45) is 0. The van der Waals surface area contributed by atoms with Crippen LogP contribution in [-0.4, -0.2) is 17.8 Å². The van der Waals surface area contributed by atoms with Crippen molar-refractivity contribution >= 4 is 15.7 Å². The summed E-state index contributed by atoms with van der Waals surface area (Å²) in [7, 11) is -2.90. The Kier molecular flexibility index (Phi) is 4.41. The molecule has 0 saturated carbocycles. The summed E-state index contributed by atoms with van der Waals surface area (Å²) in [5.74, 6) is -2.02. The van der Waals surface area contributed by atoms with E-state index in [1.807, 2.05) is 0 Å². The van der Waals surface area contributed by atoms with E-state index in [0.29, 0.717) is 23.5 Å². The van der Waals surface area contributed by atoms with Crippen LogP contribution in [0.3, 0.4) is 0 Å². The molecule has 0 unspecified atom stereocenters. The number of sulfonamides is 1. The van der Waals surface area contributed by atoms with Gasteiger partial charge in [-0.15, -0.1) is 0 Å². The maximum absolute atomic E-state index is 13.8. The highest BCUT2D eigenvalue weighted by Crippen LogP contribution is 2.21. The smallest absolute Gasteiger partial charge is 0.283 e. The number of halogens is 2. The quantitative estimate of drug-likeness (QED) is 0.757. The molecule has 0 atom stereocenters. The summed E-state index contributed by atoms with van der Waals surface area (Å²) in [5.41, 5.74) is -0.0127. The van der Waals surface area contributed by atoms with E-state index in [2.05, 4.69) is 4.72 Å². The van der Waals surface area contributed by atoms with Crippen molar-refractivity contribution in [1.82, 2.24) is 9.36 Å². The molecule has 1 N–H and O–H groups in total. The summed E-state index contributed by atoms with van der Waals surface area (Å²) < 4.78 is 56.9. The van der Waals surface area contributed by atoms with Gasteiger partial charge < -0.3 is 0 Å². The van der Waals surface area contributed by atoms with E-state index in [-0.39, 0.29) is 5.69 Å². The van der Waals surface area contributed by atoms with Crippen LogP contribution in [0.2, 0.25) is 0 Å². The third-order valence-corrected chi connectivity index (χ3v) is 5.34. The van der Waals surface area contributed by atoms with Crippen LogP contribution >= 0.6 is 0 Å². The molecule has 3 rings (SSSR count). The number of hydrogen-bond donors (Lipinski definition) is 1. The first-order chi connectivity index (χ1) is 12.2. The number of nitrogens with one attached hydrogen (secondary N) is 1. The normalized spacial score (nSPS) is 11.5. The van der Waals surface area contributed by atoms with Gasteiger partial charge in [0, 0.05) is 7.05 Å². The number of nitrogens with zero attached hydrogens (tertiary/aromatic N) is 2. The third-order valence-electron chi connectivity index (χ3n) is 3.97. The zero-order chi connectivity index (χ0) is 19.1. The molecule has 0 bridgehead atoms. The topological polar surface area (TPSA) is 73.1 Å². The molecule has 0 radical (unpaired) electrons. The number of hydrogen-bond acceptors (Lipinski definition) is 3. The van der Waals surface area contributed by atoms with E-state index in [4.69, 9.17) is 0 Å². The minimum absolute atomic E-state index is 0.236. The third kappa shape index (κ3) is 3.01. The molecule has 0 aliphatic heterocycles. The van der Waals surface area contributed by atoms with Gasteiger partial charge in [-0.1, -0.05) is 18.2 Å². The van der Waals surface area contributed by atoms with Crippen LogP contribution in [0.5, 0.6) is 0 Å². The lowest BCUT2D eigenvalue weighted by Gasteiger charge is -2.08. The Bertz CT molecular complexity index is 1140. The molecule has 6 nitrogen and oxygen atoms in total. The molecule has 1 heterocycles. The molecule has 0 amide bonds. The molecule has 0 aliphatic rings. The van der Waals surface area contributed by atoms with Gasteiger partial charge in [0.05, 0.1) is 11.4 Å². The van der Waals surface area contributed by atoms with Crippen LogP contribution < -0.4 is 10.3 Å². The lowest BCUT2D eigenvalue weighted by molar-refractivity contribution is 0.555. The second-order valence-electron chi connectivity index (χ2n) is 5.62. The van der Waals surface area contributed by atoms with Gasteiger partial charge in [-0.2, -0.15) is 0 Å². The van der Waals surface area contributed by atoms with Crippen LogP contribution in [0, 0.1) is 18.6 Å². The average molecular weight is 379 g/mol. The standard InChI is InChI=1S/C17H15F2N3O3S/c1-11-16(17(23)22(21(11)2)13-6-4-3-5-7-13)20-26(24,25)15-10-12(18)8-9-14(15)19/h3-10,20H,1-2H3. The van der Waals surface area contributed by atoms with E-state index in [1.165, 1.54) is 9.36 Å². The lowest BCUT2D eigenvalue weighted by atomic mass is 10.3. The lowest BCUT2D eigenvalue weighted by Crippen LogP contribution is -2.23. The van der Waals surface area contributed by atoms with Crippen molar-refractivity contribution in [3.8, 4) is 5.69 Å². The first kappa shape index (κ1) is 17.9. The van der Waals surface area contributed by atoms with Gasteiger partial charge in [-0.3, -0.25) is 14.2 Å². The second kappa shape index (κ2) is 6.41. The van der Waals surface area contributed by atoms with Gasteiger partial charge in [0.1, 0.15) is 22.2 Å². The summed E-state index contributed by atoms with van der Waals surface area (Å²) in [4.78, 5) is 11.9. The Morgan fingerprint density at radius 3 is 2.35 bits per heavy atom. The fourth-order valence-electron chi connectivity index (χ4n) is 2.56. The number of anilines is 1. The number of aromatic nitrogens is 2. The number of rotatable bonds is 4. The Morgan fingerprint density at radius 2 is 1.69 bits per heavy atom. The first-order valence-corrected chi connectivity index (χ1v) is 9.02. The molecule has 26 heavy (non-hydrogen) atoms. The van der Waals surface area contributed by atoms with Crippen molar-refractivity contribution in [2.75, 3.05) is 4.72 Å². The van der Waals surface area contributed by atoms with Gasteiger partial charge in [-0.25, -0.2) is 21.9 Å². The summed E-state index contributed by atoms with van der Waals surface area (Å²) in [6, 6.07) is 10.7. The predicted molar refractivity (Wildman–Crippen MR) is 92.9 cm³/mol. The molecule has 0 fully saturated rings. The number of benzene rings is 2. The maximum Gasteiger partial charge on any atom is 0.296 e. The molecule has 3 aromatic rings. The van der Waals surface area contributed by atoms with Crippen LogP contribution in [0.15, 0.2) is 58.2 Å². The van der Waals surface area contributed by atoms with Crippen molar-refractivity contribution in [3.05, 3.63) is 76.2 Å². The SMILES string of the molecule is Cc1c(NS(=O)(=O)c2cc(F)ccc2F)c(=O)n(-c2ccccc2)n1C. The van der Waals surface area contributed by atoms with Crippen molar-refractivity contribution in [2.45, 2.75) is 11.8 Å². The molecule has 136 valence electrons. The highest BCUT2D eigenvalue weighted by molar-refractivity contribution is 7.92. The molecule has 2 aromatic carbocycles. The van der Waals surface area contributed by atoms with Crippen molar-refractivity contribution in [2.24, 2.45) is 7.05 Å². The average Bonchev–Trinajstić information content (AvgIpc) is 2.81. The van der Waals surface area contributed by atoms with Crippen LogP contribution in [0.4, 0.5) is 14.5 Å². The zero-order valence-electron chi connectivity index (χ0n) is 13.9. The van der Waals surface area contributed by atoms with Gasteiger partial charge in [-0.05, 0) is 37.3 Å². The molecular formula is C17H15F2N3O3S. The van der Waals surface area contributed by atoms with E-state index in [0.717, 1.165) is 6.07 Å². The largest absolute Gasteiger partial charge is 0.296 e. The van der Waals surface area contributed by atoms with E-state index < -0.39 is 32.1 Å². The molecule has 1 aromatic heterocycles. The Morgan fingerprint density at radius 1 is 1.04 bits per heavy atom. The van der Waals surface area contributed by atoms with Crippen LogP contribution in [-0.2, 0) is 17.1 Å². The van der Waals surface area contributed by atoms with Crippen LogP contribution in [0.25, 0.3) is 5.69 Å². The highest BCUT2D eigenvalue weighted by atomic mass is 32.2. The van der Waals surface area contributed by atoms with Crippen molar-refractivity contribution in [3.63, 3.8) is 0 Å². The number of para-hydroxylation sites is 1. The Labute approximate surface area is 148 Å². The molecular weight excluding hydrogens is 364 g/mol. The molecule has 9 heteroatoms. The monoisotopic (exact) mass is 379 g/mol. The first-order valence-electron chi connectivity index (χ1n) is 7.54. The second-order valence-corrected chi connectivity index (χ2v) is 7.27. The van der Waals surface area contributed by atoms with Crippen LogP contribution in [0.1, 0.15) is 5.69 Å². The summed E-state index contributed by atoms with van der Waals surface area (Å²) >= 11 is 0. The van der Waals surface area contributed by atoms with E-state index in [1.54, 1.807) is 44.3 Å². The minimum atomic E-state index is -4.49. The fraction of sp³-hybridized carbons (Fsp3) is 0.118. The minimum Gasteiger partial charge on any atom is -0.283 e. The fourth-order valence-corrected chi connectivity index (χ4v) is 3.76. The maximum atomic E-state index is 13.8. The molecule has 0 spiro atoms. The Balaban J connectivity index is 2.12. The molecule has 0 saturated heterocycles. The predicted octanol–water partition coefficient (Wildman–Crippen LogP) is 2.56. The van der Waals surface area contributed by atoms with Crippen molar-refractivity contribution < 1.29 is 17.2 Å². The van der Waals surface area contributed by atoms with Gasteiger partial charge in [0.25, 0.3) is 15.6 Å². The van der Waals surface area contributed by atoms with E-state index >= 15 is 0 Å². The highest BCUT2D eigenvalue weighted by Gasteiger charge is 2.25. The van der Waals surface area contributed by atoms with Gasteiger partial charge >= 0.3 is 0 Å².